The van der Waals surface area contributed by atoms with Crippen molar-refractivity contribution in [1.29, 1.82) is 0 Å². The summed E-state index contributed by atoms with van der Waals surface area (Å²) in [5.74, 6) is -1.05. The lowest BCUT2D eigenvalue weighted by atomic mass is 10.2. The van der Waals surface area contributed by atoms with Crippen LogP contribution < -0.4 is 0 Å². The molecular formula is C8H11NO5. The predicted octanol–water partition coefficient (Wildman–Crippen LogP) is 0.0283. The average Bonchev–Trinajstić information content (AvgIpc) is 2.71. The normalized spacial score (nSPS) is 32.0. The first-order valence-corrected chi connectivity index (χ1v) is 4.49. The Morgan fingerprint density at radius 3 is 2.93 bits per heavy atom. The Kier molecular flexibility index (Phi) is 2.28. The average molecular weight is 201 g/mol. The number of ether oxygens (including phenoxy) is 2. The van der Waals surface area contributed by atoms with Crippen molar-refractivity contribution in [1.82, 2.24) is 4.90 Å². The number of rotatable bonds is 2. The highest BCUT2D eigenvalue weighted by atomic mass is 16.6. The Bertz CT molecular complexity index is 260. The van der Waals surface area contributed by atoms with Crippen LogP contribution in [0.4, 0.5) is 4.79 Å². The molecule has 2 saturated heterocycles. The SMILES string of the molecule is O=C(O)C1COC(=O)N1C1CCCO1. The van der Waals surface area contributed by atoms with Crippen molar-refractivity contribution in [2.24, 2.45) is 0 Å². The molecule has 0 aromatic heterocycles. The first kappa shape index (κ1) is 9.26. The Morgan fingerprint density at radius 2 is 2.36 bits per heavy atom. The van der Waals surface area contributed by atoms with Crippen molar-refractivity contribution in [2.75, 3.05) is 13.2 Å². The standard InChI is InChI=1S/C8H11NO5/c10-7(11)5-4-14-8(12)9(5)6-2-1-3-13-6/h5-6H,1-4H2,(H,10,11). The zero-order valence-corrected chi connectivity index (χ0v) is 7.51. The molecule has 0 aromatic rings. The summed E-state index contributed by atoms with van der Waals surface area (Å²) in [6.07, 6.45) is 0.509. The van der Waals surface area contributed by atoms with Gasteiger partial charge >= 0.3 is 12.1 Å². The van der Waals surface area contributed by atoms with E-state index in [1.807, 2.05) is 0 Å². The molecule has 78 valence electrons. The van der Waals surface area contributed by atoms with Crippen LogP contribution >= 0.6 is 0 Å². The van der Waals surface area contributed by atoms with E-state index in [1.165, 1.54) is 4.90 Å². The van der Waals surface area contributed by atoms with E-state index < -0.39 is 24.3 Å². The van der Waals surface area contributed by atoms with E-state index >= 15 is 0 Å². The van der Waals surface area contributed by atoms with Crippen LogP contribution in [0.15, 0.2) is 0 Å². The number of amides is 1. The number of carbonyl (C=O) groups excluding carboxylic acids is 1. The summed E-state index contributed by atoms with van der Waals surface area (Å²) >= 11 is 0. The Morgan fingerprint density at radius 1 is 1.57 bits per heavy atom. The van der Waals surface area contributed by atoms with E-state index in [9.17, 15) is 9.59 Å². The van der Waals surface area contributed by atoms with Crippen LogP contribution in [-0.4, -0.2) is 47.6 Å². The minimum atomic E-state index is -1.05. The maximum atomic E-state index is 11.2. The van der Waals surface area contributed by atoms with Gasteiger partial charge in [-0.25, -0.2) is 9.59 Å². The molecule has 2 aliphatic heterocycles. The first-order chi connectivity index (χ1) is 6.70. The molecule has 2 rings (SSSR count). The van der Waals surface area contributed by atoms with Crippen molar-refractivity contribution in [3.05, 3.63) is 0 Å². The lowest BCUT2D eigenvalue weighted by Crippen LogP contribution is -2.45. The van der Waals surface area contributed by atoms with Gasteiger partial charge in [0.25, 0.3) is 0 Å². The van der Waals surface area contributed by atoms with Gasteiger partial charge in [-0.05, 0) is 12.8 Å². The third-order valence-electron chi connectivity index (χ3n) is 2.41. The topological polar surface area (TPSA) is 76.1 Å². The van der Waals surface area contributed by atoms with Crippen LogP contribution in [-0.2, 0) is 14.3 Å². The summed E-state index contributed by atoms with van der Waals surface area (Å²) in [5, 5.41) is 8.83. The minimum Gasteiger partial charge on any atom is -0.480 e. The van der Waals surface area contributed by atoms with Crippen molar-refractivity contribution in [3.8, 4) is 0 Å². The second-order valence-corrected chi connectivity index (χ2v) is 3.31. The molecule has 0 aromatic carbocycles. The molecule has 2 heterocycles. The maximum Gasteiger partial charge on any atom is 0.412 e. The van der Waals surface area contributed by atoms with Gasteiger partial charge in [0, 0.05) is 6.61 Å². The molecule has 0 bridgehead atoms. The number of aliphatic carboxylic acids is 1. The highest BCUT2D eigenvalue weighted by molar-refractivity contribution is 5.83. The number of nitrogens with zero attached hydrogens (tertiary/aromatic N) is 1. The number of cyclic esters (lactones) is 1. The number of carboxylic acid groups (broad SMARTS) is 1. The number of carboxylic acids is 1. The van der Waals surface area contributed by atoms with Gasteiger partial charge in [0.15, 0.2) is 6.04 Å². The van der Waals surface area contributed by atoms with E-state index in [2.05, 4.69) is 4.74 Å². The summed E-state index contributed by atoms with van der Waals surface area (Å²) in [6.45, 7) is 0.481. The van der Waals surface area contributed by atoms with Crippen molar-refractivity contribution in [3.63, 3.8) is 0 Å². The molecule has 2 atom stereocenters. The van der Waals surface area contributed by atoms with Gasteiger partial charge in [-0.1, -0.05) is 0 Å². The molecule has 0 saturated carbocycles. The van der Waals surface area contributed by atoms with Gasteiger partial charge in [0.1, 0.15) is 12.8 Å². The van der Waals surface area contributed by atoms with Crippen molar-refractivity contribution in [2.45, 2.75) is 25.1 Å². The highest BCUT2D eigenvalue weighted by Gasteiger charge is 2.43. The van der Waals surface area contributed by atoms with E-state index in [0.717, 1.165) is 6.42 Å². The number of hydrogen-bond donors (Lipinski definition) is 1. The van der Waals surface area contributed by atoms with Crippen LogP contribution in [0.2, 0.25) is 0 Å². The first-order valence-electron chi connectivity index (χ1n) is 4.49. The number of hydrogen-bond acceptors (Lipinski definition) is 4. The summed E-state index contributed by atoms with van der Waals surface area (Å²) in [6, 6.07) is -0.898. The fraction of sp³-hybridized carbons (Fsp3) is 0.750. The highest BCUT2D eigenvalue weighted by Crippen LogP contribution is 2.23. The molecule has 2 fully saturated rings. The Hall–Kier alpha value is -1.30. The second kappa shape index (κ2) is 3.45. The van der Waals surface area contributed by atoms with Gasteiger partial charge in [-0.2, -0.15) is 0 Å². The second-order valence-electron chi connectivity index (χ2n) is 3.31. The molecule has 0 spiro atoms. The van der Waals surface area contributed by atoms with E-state index in [1.54, 1.807) is 0 Å². The third kappa shape index (κ3) is 1.41. The summed E-state index contributed by atoms with van der Waals surface area (Å²) in [5.41, 5.74) is 0. The van der Waals surface area contributed by atoms with Gasteiger partial charge in [-0.15, -0.1) is 0 Å². The van der Waals surface area contributed by atoms with Crippen molar-refractivity contribution >= 4 is 12.1 Å². The largest absolute Gasteiger partial charge is 0.480 e. The zero-order valence-electron chi connectivity index (χ0n) is 7.51. The Labute approximate surface area is 80.4 Å². The molecule has 2 unspecified atom stereocenters. The van der Waals surface area contributed by atoms with Crippen LogP contribution in [0.5, 0.6) is 0 Å². The molecule has 14 heavy (non-hydrogen) atoms. The van der Waals surface area contributed by atoms with Gasteiger partial charge in [0.05, 0.1) is 0 Å². The number of carbonyl (C=O) groups is 2. The summed E-state index contributed by atoms with van der Waals surface area (Å²) in [7, 11) is 0. The fourth-order valence-corrected chi connectivity index (χ4v) is 1.72. The van der Waals surface area contributed by atoms with E-state index in [0.29, 0.717) is 13.0 Å². The van der Waals surface area contributed by atoms with Gasteiger partial charge in [-0.3, -0.25) is 4.90 Å². The summed E-state index contributed by atoms with van der Waals surface area (Å²) < 4.78 is 9.93. The molecular weight excluding hydrogens is 190 g/mol. The van der Waals surface area contributed by atoms with Gasteiger partial charge in [0.2, 0.25) is 0 Å². The molecule has 2 aliphatic rings. The molecule has 1 amide bonds. The van der Waals surface area contributed by atoms with E-state index in [-0.39, 0.29) is 6.61 Å². The third-order valence-corrected chi connectivity index (χ3v) is 2.41. The smallest absolute Gasteiger partial charge is 0.412 e. The summed E-state index contributed by atoms with van der Waals surface area (Å²) in [4.78, 5) is 23.2. The molecule has 0 radical (unpaired) electrons. The monoisotopic (exact) mass is 201 g/mol. The van der Waals surface area contributed by atoms with E-state index in [4.69, 9.17) is 9.84 Å². The quantitative estimate of drug-likeness (QED) is 0.682. The maximum absolute atomic E-state index is 11.2. The van der Waals surface area contributed by atoms with Gasteiger partial charge < -0.3 is 14.6 Å². The predicted molar refractivity (Wildman–Crippen MR) is 43.6 cm³/mol. The van der Waals surface area contributed by atoms with Crippen LogP contribution in [0.25, 0.3) is 0 Å². The minimum absolute atomic E-state index is 0.0893. The molecule has 6 heteroatoms. The molecule has 6 nitrogen and oxygen atoms in total. The zero-order chi connectivity index (χ0) is 10.1. The molecule has 1 N–H and O–H groups in total. The lowest BCUT2D eigenvalue weighted by molar-refractivity contribution is -0.144. The van der Waals surface area contributed by atoms with Crippen LogP contribution in [0.1, 0.15) is 12.8 Å². The van der Waals surface area contributed by atoms with Crippen molar-refractivity contribution < 1.29 is 24.2 Å². The molecule has 0 aliphatic carbocycles. The lowest BCUT2D eigenvalue weighted by Gasteiger charge is -2.23. The fourth-order valence-electron chi connectivity index (χ4n) is 1.72. The van der Waals surface area contributed by atoms with Crippen LogP contribution in [0.3, 0.4) is 0 Å². The Balaban J connectivity index is 2.12. The van der Waals surface area contributed by atoms with Crippen LogP contribution in [0, 0.1) is 0 Å².